The quantitative estimate of drug-likeness (QED) is 0.623. The van der Waals surface area contributed by atoms with Crippen LogP contribution in [0.15, 0.2) is 0 Å². The molecule has 1 saturated heterocycles. The van der Waals surface area contributed by atoms with Gasteiger partial charge in [-0.2, -0.15) is 11.8 Å². The summed E-state index contributed by atoms with van der Waals surface area (Å²) in [4.78, 5) is 10.5. The molecule has 0 aromatic carbocycles. The van der Waals surface area contributed by atoms with E-state index in [4.69, 9.17) is 0 Å². The van der Waals surface area contributed by atoms with Crippen molar-refractivity contribution in [3.05, 3.63) is 0 Å². The number of carbonyl (C=O) groups excluding carboxylic acids is 1. The van der Waals surface area contributed by atoms with Crippen molar-refractivity contribution in [1.29, 1.82) is 0 Å². The van der Waals surface area contributed by atoms with Crippen LogP contribution < -0.4 is 0 Å². The van der Waals surface area contributed by atoms with Crippen molar-refractivity contribution in [2.75, 3.05) is 11.5 Å². The molecule has 0 saturated carbocycles. The Kier molecular flexibility index (Phi) is 3.26. The summed E-state index contributed by atoms with van der Waals surface area (Å²) < 4.78 is 0. The largest absolute Gasteiger partial charge is 0.300 e. The van der Waals surface area contributed by atoms with E-state index in [0.29, 0.717) is 5.78 Å². The first-order chi connectivity index (χ1) is 4.79. The molecule has 1 aliphatic heterocycles. The van der Waals surface area contributed by atoms with Crippen molar-refractivity contribution in [3.63, 3.8) is 0 Å². The lowest BCUT2D eigenvalue weighted by atomic mass is 10.0. The molecule has 0 aliphatic carbocycles. The third kappa shape index (κ3) is 2.74. The molecule has 58 valence electrons. The van der Waals surface area contributed by atoms with E-state index in [-0.39, 0.29) is 0 Å². The van der Waals surface area contributed by atoms with E-state index in [0.717, 1.165) is 18.8 Å². The van der Waals surface area contributed by atoms with Crippen molar-refractivity contribution in [1.82, 2.24) is 0 Å². The van der Waals surface area contributed by atoms with E-state index in [1.807, 2.05) is 11.8 Å². The Hall–Kier alpha value is 0.0200. The Morgan fingerprint density at radius 3 is 2.70 bits per heavy atom. The third-order valence-corrected chi connectivity index (χ3v) is 3.26. The predicted octanol–water partition coefficient (Wildman–Crippen LogP) is 2.11. The van der Waals surface area contributed by atoms with E-state index in [1.165, 1.54) is 17.9 Å². The predicted molar refractivity (Wildman–Crippen MR) is 45.3 cm³/mol. The Morgan fingerprint density at radius 1 is 1.60 bits per heavy atom. The Labute approximate surface area is 66.6 Å². The maximum absolute atomic E-state index is 10.5. The van der Waals surface area contributed by atoms with E-state index in [2.05, 4.69) is 0 Å². The molecular weight excluding hydrogens is 144 g/mol. The fourth-order valence-corrected chi connectivity index (χ4v) is 1.99. The van der Waals surface area contributed by atoms with Gasteiger partial charge in [0, 0.05) is 6.42 Å². The molecule has 0 bridgehead atoms. The van der Waals surface area contributed by atoms with Gasteiger partial charge in [0.25, 0.3) is 0 Å². The minimum atomic E-state index is 0.340. The summed E-state index contributed by atoms with van der Waals surface area (Å²) in [5, 5.41) is 0. The average Bonchev–Trinajstić information content (AvgIpc) is 1.75. The fourth-order valence-electron chi connectivity index (χ4n) is 1.09. The van der Waals surface area contributed by atoms with Gasteiger partial charge in [0.15, 0.2) is 0 Å². The molecule has 0 spiro atoms. The van der Waals surface area contributed by atoms with Crippen LogP contribution in [-0.4, -0.2) is 17.3 Å². The van der Waals surface area contributed by atoms with Crippen LogP contribution in [0.3, 0.4) is 0 Å². The first kappa shape index (κ1) is 8.12. The average molecular weight is 158 g/mol. The molecule has 0 N–H and O–H groups in total. The highest BCUT2D eigenvalue weighted by atomic mass is 32.2. The maximum Gasteiger partial charge on any atom is 0.129 e. The number of hydrogen-bond acceptors (Lipinski definition) is 2. The van der Waals surface area contributed by atoms with Crippen molar-refractivity contribution < 1.29 is 4.79 Å². The van der Waals surface area contributed by atoms with E-state index in [9.17, 15) is 4.79 Å². The minimum absolute atomic E-state index is 0.340. The summed E-state index contributed by atoms with van der Waals surface area (Å²) in [6.45, 7) is 1.68. The molecular formula is C8H14OS. The van der Waals surface area contributed by atoms with Gasteiger partial charge < -0.3 is 4.79 Å². The lowest BCUT2D eigenvalue weighted by Gasteiger charge is -2.24. The number of ketones is 1. The Bertz CT molecular complexity index is 118. The molecule has 10 heavy (non-hydrogen) atoms. The molecule has 1 rings (SSSR count). The van der Waals surface area contributed by atoms with Crippen molar-refractivity contribution >= 4 is 17.5 Å². The molecule has 0 unspecified atom stereocenters. The van der Waals surface area contributed by atoms with Gasteiger partial charge in [-0.1, -0.05) is 0 Å². The summed E-state index contributed by atoms with van der Waals surface area (Å²) >= 11 is 2.02. The van der Waals surface area contributed by atoms with Gasteiger partial charge >= 0.3 is 0 Å². The van der Waals surface area contributed by atoms with Crippen molar-refractivity contribution in [2.45, 2.75) is 26.2 Å². The lowest BCUT2D eigenvalue weighted by molar-refractivity contribution is -0.117. The minimum Gasteiger partial charge on any atom is -0.300 e. The number of Topliss-reactive ketones (excluding diaryl/α,β-unsaturated/α-hetero) is 1. The van der Waals surface area contributed by atoms with Crippen LogP contribution in [0.1, 0.15) is 26.2 Å². The number of carbonyl (C=O) groups is 1. The molecule has 0 amide bonds. The number of rotatable bonds is 4. The fraction of sp³-hybridized carbons (Fsp3) is 0.875. The Balaban J connectivity index is 1.89. The second kappa shape index (κ2) is 4.02. The summed E-state index contributed by atoms with van der Waals surface area (Å²) in [5.41, 5.74) is 0. The summed E-state index contributed by atoms with van der Waals surface area (Å²) in [7, 11) is 0. The van der Waals surface area contributed by atoms with Crippen LogP contribution in [0.2, 0.25) is 0 Å². The summed E-state index contributed by atoms with van der Waals surface area (Å²) in [6, 6.07) is 0. The molecule has 1 heterocycles. The second-order valence-electron chi connectivity index (χ2n) is 3.00. The zero-order valence-corrected chi connectivity index (χ0v) is 7.25. The second-order valence-corrected chi connectivity index (χ2v) is 4.07. The number of thioether (sulfide) groups is 1. The van der Waals surface area contributed by atoms with Gasteiger partial charge in [0.05, 0.1) is 0 Å². The molecule has 1 aliphatic rings. The lowest BCUT2D eigenvalue weighted by Crippen LogP contribution is -2.17. The third-order valence-electron chi connectivity index (χ3n) is 1.85. The molecule has 0 aromatic rings. The van der Waals surface area contributed by atoms with Crippen LogP contribution in [0.25, 0.3) is 0 Å². The summed E-state index contributed by atoms with van der Waals surface area (Å²) in [5.74, 6) is 3.94. The van der Waals surface area contributed by atoms with Crippen LogP contribution in [-0.2, 0) is 4.79 Å². The standard InChI is InChI=1S/C8H14OS/c1-7(9)3-2-4-8-5-10-6-8/h8H,2-6H2,1H3. The highest BCUT2D eigenvalue weighted by molar-refractivity contribution is 8.00. The smallest absolute Gasteiger partial charge is 0.129 e. The normalized spacial score (nSPS) is 18.5. The molecule has 1 fully saturated rings. The van der Waals surface area contributed by atoms with Crippen LogP contribution in [0, 0.1) is 5.92 Å². The van der Waals surface area contributed by atoms with Gasteiger partial charge in [0.1, 0.15) is 5.78 Å². The Morgan fingerprint density at radius 2 is 2.30 bits per heavy atom. The topological polar surface area (TPSA) is 17.1 Å². The van der Waals surface area contributed by atoms with E-state index >= 15 is 0 Å². The monoisotopic (exact) mass is 158 g/mol. The van der Waals surface area contributed by atoms with E-state index < -0.39 is 0 Å². The molecule has 0 aromatic heterocycles. The number of hydrogen-bond donors (Lipinski definition) is 0. The highest BCUT2D eigenvalue weighted by Crippen LogP contribution is 2.28. The maximum atomic E-state index is 10.5. The zero-order valence-electron chi connectivity index (χ0n) is 6.43. The van der Waals surface area contributed by atoms with E-state index in [1.54, 1.807) is 6.92 Å². The summed E-state index contributed by atoms with van der Waals surface area (Å²) in [6.07, 6.45) is 3.17. The first-order valence-corrected chi connectivity index (χ1v) is 5.01. The first-order valence-electron chi connectivity index (χ1n) is 3.86. The highest BCUT2D eigenvalue weighted by Gasteiger charge is 2.16. The SMILES string of the molecule is CC(=O)CCCC1CSC1. The van der Waals surface area contributed by atoms with Gasteiger partial charge in [-0.15, -0.1) is 0 Å². The zero-order chi connectivity index (χ0) is 7.40. The van der Waals surface area contributed by atoms with Gasteiger partial charge in [-0.3, -0.25) is 0 Å². The molecule has 1 nitrogen and oxygen atoms in total. The van der Waals surface area contributed by atoms with Gasteiger partial charge in [-0.25, -0.2) is 0 Å². The van der Waals surface area contributed by atoms with Crippen LogP contribution in [0.5, 0.6) is 0 Å². The van der Waals surface area contributed by atoms with Gasteiger partial charge in [0.2, 0.25) is 0 Å². The molecule has 0 atom stereocenters. The van der Waals surface area contributed by atoms with Crippen molar-refractivity contribution in [3.8, 4) is 0 Å². The van der Waals surface area contributed by atoms with Gasteiger partial charge in [-0.05, 0) is 37.2 Å². The van der Waals surface area contributed by atoms with Crippen LogP contribution >= 0.6 is 11.8 Å². The van der Waals surface area contributed by atoms with Crippen molar-refractivity contribution in [2.24, 2.45) is 5.92 Å². The molecule has 0 radical (unpaired) electrons. The molecule has 2 heteroatoms. The van der Waals surface area contributed by atoms with Crippen LogP contribution in [0.4, 0.5) is 0 Å².